The molecule has 6 N–H and O–H groups in total. The van der Waals surface area contributed by atoms with Crippen LogP contribution in [0.25, 0.3) is 10.9 Å². The lowest BCUT2D eigenvalue weighted by Gasteiger charge is -2.25. The molecule has 236 valence electrons. The van der Waals surface area contributed by atoms with Gasteiger partial charge in [-0.1, -0.05) is 48.5 Å². The number of amides is 3. The molecule has 0 saturated carbocycles. The van der Waals surface area contributed by atoms with E-state index in [0.717, 1.165) is 22.0 Å². The zero-order valence-electron chi connectivity index (χ0n) is 25.0. The third-order valence-corrected chi connectivity index (χ3v) is 7.45. The van der Waals surface area contributed by atoms with Crippen LogP contribution in [0.3, 0.4) is 0 Å². The number of carbonyl (C=O) groups excluding carboxylic acids is 5. The molecule has 0 aliphatic heterocycles. The van der Waals surface area contributed by atoms with Gasteiger partial charge in [-0.3, -0.25) is 19.2 Å². The van der Waals surface area contributed by atoms with Crippen molar-refractivity contribution >= 4 is 52.3 Å². The molecular formula is C31H39N5O7S. The Labute approximate surface area is 260 Å². The van der Waals surface area contributed by atoms with E-state index < -0.39 is 60.2 Å². The number of rotatable bonds is 16. The number of hydrogen-bond acceptors (Lipinski definition) is 9. The number of nitrogens with two attached hydrogens (primary N) is 1. The van der Waals surface area contributed by atoms with Crippen molar-refractivity contribution in [3.05, 3.63) is 71.9 Å². The third-order valence-electron chi connectivity index (χ3n) is 6.80. The fourth-order valence-electron chi connectivity index (χ4n) is 4.38. The molecule has 3 amide bonds. The van der Waals surface area contributed by atoms with Gasteiger partial charge in [0.25, 0.3) is 0 Å². The number of esters is 2. The van der Waals surface area contributed by atoms with Gasteiger partial charge in [0.2, 0.25) is 17.7 Å². The highest BCUT2D eigenvalue weighted by Crippen LogP contribution is 2.19. The highest BCUT2D eigenvalue weighted by molar-refractivity contribution is 7.98. The number of thioether (sulfide) groups is 1. The lowest BCUT2D eigenvalue weighted by atomic mass is 10.0. The molecule has 0 bridgehead atoms. The minimum atomic E-state index is -1.43. The first-order valence-corrected chi connectivity index (χ1v) is 15.5. The van der Waals surface area contributed by atoms with Crippen molar-refractivity contribution in [3.63, 3.8) is 0 Å². The molecule has 0 spiro atoms. The van der Waals surface area contributed by atoms with Gasteiger partial charge in [-0.15, -0.1) is 0 Å². The second kappa shape index (κ2) is 17.1. The molecule has 12 nitrogen and oxygen atoms in total. The maximum atomic E-state index is 13.6. The van der Waals surface area contributed by atoms with Crippen LogP contribution < -0.4 is 21.7 Å². The molecule has 1 aromatic heterocycles. The zero-order valence-corrected chi connectivity index (χ0v) is 25.8. The van der Waals surface area contributed by atoms with Crippen LogP contribution in [-0.4, -0.2) is 77.9 Å². The number of carbonyl (C=O) groups is 5. The van der Waals surface area contributed by atoms with Crippen LogP contribution in [0.4, 0.5) is 0 Å². The Morgan fingerprint density at radius 1 is 0.886 bits per heavy atom. The molecule has 3 rings (SSSR count). The summed E-state index contributed by atoms with van der Waals surface area (Å²) in [5, 5.41) is 8.67. The molecule has 0 aliphatic rings. The van der Waals surface area contributed by atoms with Crippen molar-refractivity contribution < 1.29 is 33.4 Å². The van der Waals surface area contributed by atoms with Crippen molar-refractivity contribution in [3.8, 4) is 0 Å². The highest BCUT2D eigenvalue weighted by Gasteiger charge is 2.32. The van der Waals surface area contributed by atoms with Gasteiger partial charge in [-0.05, 0) is 42.5 Å². The summed E-state index contributed by atoms with van der Waals surface area (Å²) in [6.07, 6.45) is 3.40. The molecule has 0 saturated heterocycles. The Bertz CT molecular complexity index is 1430. The molecule has 13 heteroatoms. The second-order valence-corrected chi connectivity index (χ2v) is 11.2. The number of aromatic nitrogens is 1. The van der Waals surface area contributed by atoms with Gasteiger partial charge in [-0.25, -0.2) is 4.79 Å². The summed E-state index contributed by atoms with van der Waals surface area (Å²) in [5.41, 5.74) is 8.03. The van der Waals surface area contributed by atoms with E-state index in [4.69, 9.17) is 15.2 Å². The van der Waals surface area contributed by atoms with Gasteiger partial charge in [0.05, 0.1) is 19.6 Å². The summed E-state index contributed by atoms with van der Waals surface area (Å²) in [6, 6.07) is 12.0. The fourth-order valence-corrected chi connectivity index (χ4v) is 4.85. The molecular weight excluding hydrogens is 586 g/mol. The van der Waals surface area contributed by atoms with E-state index in [1.165, 1.54) is 25.8 Å². The van der Waals surface area contributed by atoms with E-state index >= 15 is 0 Å². The largest absolute Gasteiger partial charge is 0.467 e. The number of nitrogens with one attached hydrogen (secondary N) is 4. The Morgan fingerprint density at radius 2 is 1.52 bits per heavy atom. The van der Waals surface area contributed by atoms with Crippen LogP contribution in [0.5, 0.6) is 0 Å². The van der Waals surface area contributed by atoms with E-state index in [1.807, 2.05) is 36.6 Å². The van der Waals surface area contributed by atoms with E-state index in [2.05, 4.69) is 20.9 Å². The maximum Gasteiger partial charge on any atom is 0.328 e. The molecule has 44 heavy (non-hydrogen) atoms. The molecule has 4 atom stereocenters. The van der Waals surface area contributed by atoms with E-state index in [0.29, 0.717) is 5.75 Å². The molecule has 0 fully saturated rings. The summed E-state index contributed by atoms with van der Waals surface area (Å²) in [4.78, 5) is 68.0. The number of para-hydroxylation sites is 1. The Hall–Kier alpha value is -4.36. The first-order valence-electron chi connectivity index (χ1n) is 14.1. The van der Waals surface area contributed by atoms with Crippen LogP contribution >= 0.6 is 11.8 Å². The number of methoxy groups -OCH3 is 1. The standard InChI is InChI=1S/C31H39N5O7S/c1-19(32)28(38)34-24(13-14-44-3)29(39)35-25(16-27(37)43-18-20-9-5-4-6-10-20)30(40)36-26(31(41)42-2)15-21-17-33-23-12-8-7-11-22(21)23/h4-12,17,19,24-26,33H,13-16,18,32H2,1-3H3,(H,34,38)(H,35,39)(H,36,40)/t19?,24-,25?,26?/m0/s1. The second-order valence-electron chi connectivity index (χ2n) is 10.2. The van der Waals surface area contributed by atoms with E-state index in [1.54, 1.807) is 30.5 Å². The monoisotopic (exact) mass is 625 g/mol. The smallest absolute Gasteiger partial charge is 0.328 e. The predicted octanol–water partition coefficient (Wildman–Crippen LogP) is 1.57. The molecule has 3 aromatic rings. The molecule has 2 aromatic carbocycles. The SMILES string of the molecule is COC(=O)C(Cc1c[nH]c2ccccc12)NC(=O)C(CC(=O)OCc1ccccc1)NC(=O)[C@H](CCSC)NC(=O)C(C)N. The first-order chi connectivity index (χ1) is 21.1. The number of benzene rings is 2. The van der Waals surface area contributed by atoms with Crippen molar-refractivity contribution in [1.82, 2.24) is 20.9 Å². The van der Waals surface area contributed by atoms with Crippen LogP contribution in [0.15, 0.2) is 60.8 Å². The Balaban J connectivity index is 1.81. The van der Waals surface area contributed by atoms with Crippen molar-refractivity contribution in [1.29, 1.82) is 0 Å². The zero-order chi connectivity index (χ0) is 32.1. The van der Waals surface area contributed by atoms with E-state index in [-0.39, 0.29) is 19.4 Å². The highest BCUT2D eigenvalue weighted by atomic mass is 32.2. The summed E-state index contributed by atoms with van der Waals surface area (Å²) in [7, 11) is 1.20. The van der Waals surface area contributed by atoms with Gasteiger partial charge < -0.3 is 36.1 Å². The number of fused-ring (bicyclic) bond motifs is 1. The van der Waals surface area contributed by atoms with Crippen molar-refractivity contribution in [2.45, 2.75) is 57.0 Å². The van der Waals surface area contributed by atoms with Gasteiger partial charge in [0, 0.05) is 23.5 Å². The Kier molecular flexibility index (Phi) is 13.2. The first kappa shape index (κ1) is 34.1. The lowest BCUT2D eigenvalue weighted by molar-refractivity contribution is -0.148. The van der Waals surface area contributed by atoms with E-state index in [9.17, 15) is 24.0 Å². The molecule has 0 aliphatic carbocycles. The molecule has 1 heterocycles. The Morgan fingerprint density at radius 3 is 2.20 bits per heavy atom. The van der Waals surface area contributed by atoms with Crippen LogP contribution in [0.2, 0.25) is 0 Å². The summed E-state index contributed by atoms with van der Waals surface area (Å²) < 4.78 is 10.3. The van der Waals surface area contributed by atoms with Gasteiger partial charge in [0.15, 0.2) is 0 Å². The van der Waals surface area contributed by atoms with Gasteiger partial charge in [-0.2, -0.15) is 11.8 Å². The molecule has 3 unspecified atom stereocenters. The van der Waals surface area contributed by atoms with Gasteiger partial charge in [0.1, 0.15) is 24.7 Å². The van der Waals surface area contributed by atoms with Crippen LogP contribution in [0, 0.1) is 0 Å². The summed E-state index contributed by atoms with van der Waals surface area (Å²) in [5.74, 6) is -2.95. The third kappa shape index (κ3) is 10.1. The minimum absolute atomic E-state index is 0.0336. The van der Waals surface area contributed by atoms with Crippen molar-refractivity contribution in [2.75, 3.05) is 19.1 Å². The quantitative estimate of drug-likeness (QED) is 0.148. The van der Waals surface area contributed by atoms with Gasteiger partial charge >= 0.3 is 11.9 Å². The molecule has 0 radical (unpaired) electrons. The topological polar surface area (TPSA) is 182 Å². The minimum Gasteiger partial charge on any atom is -0.467 e. The lowest BCUT2D eigenvalue weighted by Crippen LogP contribution is -2.57. The number of ether oxygens (including phenoxy) is 2. The van der Waals surface area contributed by atoms with Crippen molar-refractivity contribution in [2.24, 2.45) is 5.73 Å². The summed E-state index contributed by atoms with van der Waals surface area (Å²) >= 11 is 1.47. The maximum absolute atomic E-state index is 13.6. The predicted molar refractivity (Wildman–Crippen MR) is 167 cm³/mol. The summed E-state index contributed by atoms with van der Waals surface area (Å²) in [6.45, 7) is 1.45. The number of H-pyrrole nitrogens is 1. The normalized spacial score (nSPS) is 13.6. The van der Waals surface area contributed by atoms with Crippen LogP contribution in [-0.2, 0) is 46.5 Å². The average molecular weight is 626 g/mol. The number of aromatic amines is 1. The fraction of sp³-hybridized carbons (Fsp3) is 0.387. The number of hydrogen-bond donors (Lipinski definition) is 5. The van der Waals surface area contributed by atoms with Crippen LogP contribution in [0.1, 0.15) is 30.9 Å². The average Bonchev–Trinajstić information content (AvgIpc) is 3.43.